The molecule has 0 fully saturated rings. The van der Waals surface area contributed by atoms with Crippen LogP contribution in [-0.2, 0) is 17.1 Å². The number of rotatable bonds is 6. The number of aryl methyl sites for hydroxylation is 1. The van der Waals surface area contributed by atoms with E-state index >= 15 is 0 Å². The Bertz CT molecular complexity index is 427. The average Bonchev–Trinajstić information content (AvgIpc) is 2.54. The lowest BCUT2D eigenvalue weighted by Crippen LogP contribution is -2.27. The van der Waals surface area contributed by atoms with Crippen molar-refractivity contribution in [2.24, 2.45) is 7.05 Å². The second kappa shape index (κ2) is 6.00. The Morgan fingerprint density at radius 1 is 1.56 bits per heavy atom. The highest BCUT2D eigenvalue weighted by atomic mass is 79.9. The van der Waals surface area contributed by atoms with Crippen LogP contribution < -0.4 is 4.72 Å². The molecule has 1 heterocycles. The van der Waals surface area contributed by atoms with Crippen molar-refractivity contribution in [3.05, 3.63) is 11.2 Å². The lowest BCUT2D eigenvalue weighted by atomic mass is 10.3. The van der Waals surface area contributed by atoms with Gasteiger partial charge in [0.1, 0.15) is 0 Å². The summed E-state index contributed by atoms with van der Waals surface area (Å²) in [6.45, 7) is 0.398. The molecule has 8 heteroatoms. The molecular weight excluding hydrogens is 318 g/mol. The maximum absolute atomic E-state index is 11.8. The van der Waals surface area contributed by atoms with Crippen LogP contribution in [0.15, 0.2) is 11.2 Å². The number of sulfonamides is 1. The zero-order valence-corrected chi connectivity index (χ0v) is 11.9. The summed E-state index contributed by atoms with van der Waals surface area (Å²) in [5.74, 6) is 0. The molecular formula is C8H13BrClN3O2S. The van der Waals surface area contributed by atoms with Crippen LogP contribution in [0.1, 0.15) is 12.8 Å². The van der Waals surface area contributed by atoms with Gasteiger partial charge in [0.25, 0.3) is 10.0 Å². The first-order chi connectivity index (χ1) is 7.49. The third-order valence-corrected chi connectivity index (χ3v) is 4.48. The summed E-state index contributed by atoms with van der Waals surface area (Å²) in [5.41, 5.74) is 0. The molecule has 1 rings (SSSR count). The molecule has 5 nitrogen and oxygen atoms in total. The first-order valence-corrected chi connectivity index (χ1v) is 7.70. The molecule has 0 aliphatic carbocycles. The Morgan fingerprint density at radius 3 is 2.75 bits per heavy atom. The molecule has 0 saturated carbocycles. The van der Waals surface area contributed by atoms with E-state index in [0.717, 1.165) is 18.2 Å². The van der Waals surface area contributed by atoms with E-state index in [2.05, 4.69) is 25.8 Å². The maximum atomic E-state index is 11.8. The molecule has 0 bridgehead atoms. The highest BCUT2D eigenvalue weighted by Gasteiger charge is 2.21. The zero-order chi connectivity index (χ0) is 12.2. The fraction of sp³-hybridized carbons (Fsp3) is 0.625. The number of hydrogen-bond donors (Lipinski definition) is 1. The molecule has 0 aromatic carbocycles. The fourth-order valence-electron chi connectivity index (χ4n) is 1.20. The van der Waals surface area contributed by atoms with E-state index in [-0.39, 0.29) is 10.0 Å². The number of aromatic nitrogens is 2. The first-order valence-electron chi connectivity index (χ1n) is 4.72. The number of hydrogen-bond acceptors (Lipinski definition) is 3. The third-order valence-electron chi connectivity index (χ3n) is 1.95. The van der Waals surface area contributed by atoms with Gasteiger partial charge in [0.2, 0.25) is 0 Å². The molecule has 0 atom stereocenters. The van der Waals surface area contributed by atoms with Crippen LogP contribution in [0.25, 0.3) is 0 Å². The molecule has 0 saturated heterocycles. The Balaban J connectivity index is 2.71. The van der Waals surface area contributed by atoms with Crippen molar-refractivity contribution >= 4 is 37.6 Å². The fourth-order valence-corrected chi connectivity index (χ4v) is 3.32. The highest BCUT2D eigenvalue weighted by Crippen LogP contribution is 2.19. The van der Waals surface area contributed by atoms with Gasteiger partial charge in [-0.05, 0) is 12.8 Å². The minimum Gasteiger partial charge on any atom is -0.255 e. The smallest absolute Gasteiger partial charge is 0.255 e. The van der Waals surface area contributed by atoms with E-state index in [1.165, 1.54) is 10.9 Å². The van der Waals surface area contributed by atoms with Crippen molar-refractivity contribution in [1.29, 1.82) is 0 Å². The van der Waals surface area contributed by atoms with Crippen LogP contribution >= 0.6 is 27.5 Å². The number of unbranched alkanes of at least 4 members (excludes halogenated alkanes) is 1. The second-order valence-corrected chi connectivity index (χ2v) is 6.10. The van der Waals surface area contributed by atoms with Crippen LogP contribution in [0.3, 0.4) is 0 Å². The Labute approximate surface area is 108 Å². The lowest BCUT2D eigenvalue weighted by Gasteiger charge is -2.06. The van der Waals surface area contributed by atoms with Crippen molar-refractivity contribution in [3.8, 4) is 0 Å². The van der Waals surface area contributed by atoms with Crippen LogP contribution in [-0.4, -0.2) is 30.1 Å². The third kappa shape index (κ3) is 3.44. The van der Waals surface area contributed by atoms with Gasteiger partial charge in [-0.25, -0.2) is 13.1 Å². The monoisotopic (exact) mass is 329 g/mol. The summed E-state index contributed by atoms with van der Waals surface area (Å²) in [6.07, 6.45) is 3.01. The van der Waals surface area contributed by atoms with Crippen molar-refractivity contribution < 1.29 is 8.42 Å². The van der Waals surface area contributed by atoms with Gasteiger partial charge in [-0.15, -0.1) is 0 Å². The van der Waals surface area contributed by atoms with Crippen LogP contribution in [0, 0.1) is 0 Å². The van der Waals surface area contributed by atoms with Gasteiger partial charge in [-0.3, -0.25) is 4.68 Å². The van der Waals surface area contributed by atoms with Crippen LogP contribution in [0.4, 0.5) is 0 Å². The number of alkyl halides is 1. The van der Waals surface area contributed by atoms with Gasteiger partial charge in [0.05, 0.1) is 11.2 Å². The molecule has 0 aliphatic heterocycles. The van der Waals surface area contributed by atoms with E-state index in [9.17, 15) is 8.42 Å². The standard InChI is InChI=1S/C8H13BrClN3O2S/c1-13-8(7(10)6-11-13)16(14,15)12-5-3-2-4-9/h6,12H,2-5H2,1H3. The SMILES string of the molecule is Cn1ncc(Cl)c1S(=O)(=O)NCCCCBr. The molecule has 0 aliphatic rings. The van der Waals surface area contributed by atoms with Crippen LogP contribution in [0.5, 0.6) is 0 Å². The van der Waals surface area contributed by atoms with E-state index in [1.807, 2.05) is 0 Å². The average molecular weight is 331 g/mol. The largest absolute Gasteiger partial charge is 0.259 e. The topological polar surface area (TPSA) is 64.0 Å². The van der Waals surface area contributed by atoms with Gasteiger partial charge in [-0.2, -0.15) is 5.10 Å². The molecule has 92 valence electrons. The van der Waals surface area contributed by atoms with Gasteiger partial charge < -0.3 is 0 Å². The second-order valence-electron chi connectivity index (χ2n) is 3.22. The van der Waals surface area contributed by atoms with Crippen molar-refractivity contribution in [3.63, 3.8) is 0 Å². The first kappa shape index (κ1) is 14.0. The number of nitrogens with zero attached hydrogens (tertiary/aromatic N) is 2. The molecule has 0 unspecified atom stereocenters. The summed E-state index contributed by atoms with van der Waals surface area (Å²) in [5, 5.41) is 4.79. The van der Waals surface area contributed by atoms with Crippen molar-refractivity contribution in [1.82, 2.24) is 14.5 Å². The molecule has 0 radical (unpaired) electrons. The molecule has 16 heavy (non-hydrogen) atoms. The minimum absolute atomic E-state index is 0.00742. The normalized spacial score (nSPS) is 11.9. The molecule has 1 aromatic heterocycles. The van der Waals surface area contributed by atoms with Crippen LogP contribution in [0.2, 0.25) is 5.02 Å². The minimum atomic E-state index is -3.56. The number of nitrogens with one attached hydrogen (secondary N) is 1. The Hall–Kier alpha value is -0.110. The summed E-state index contributed by atoms with van der Waals surface area (Å²) in [6, 6.07) is 0. The summed E-state index contributed by atoms with van der Waals surface area (Å²) in [4.78, 5) is 0. The van der Waals surface area contributed by atoms with Crippen molar-refractivity contribution in [2.75, 3.05) is 11.9 Å². The summed E-state index contributed by atoms with van der Waals surface area (Å²) in [7, 11) is -2.01. The highest BCUT2D eigenvalue weighted by molar-refractivity contribution is 9.09. The Kier molecular flexibility index (Phi) is 5.23. The lowest BCUT2D eigenvalue weighted by molar-refractivity contribution is 0.561. The number of halogens is 2. The molecule has 0 spiro atoms. The van der Waals surface area contributed by atoms with Gasteiger partial charge in [0.15, 0.2) is 5.03 Å². The summed E-state index contributed by atoms with van der Waals surface area (Å²) >= 11 is 9.04. The van der Waals surface area contributed by atoms with Gasteiger partial charge in [0, 0.05) is 18.9 Å². The zero-order valence-electron chi connectivity index (χ0n) is 8.78. The maximum Gasteiger partial charge on any atom is 0.259 e. The predicted octanol–water partition coefficient (Wildman–Crippen LogP) is 1.53. The van der Waals surface area contributed by atoms with E-state index in [0.29, 0.717) is 6.54 Å². The molecule has 0 amide bonds. The van der Waals surface area contributed by atoms with E-state index in [1.54, 1.807) is 7.05 Å². The van der Waals surface area contributed by atoms with E-state index < -0.39 is 10.0 Å². The predicted molar refractivity (Wildman–Crippen MR) is 66.4 cm³/mol. The quantitative estimate of drug-likeness (QED) is 0.635. The van der Waals surface area contributed by atoms with E-state index in [4.69, 9.17) is 11.6 Å². The van der Waals surface area contributed by atoms with Crippen molar-refractivity contribution in [2.45, 2.75) is 17.9 Å². The van der Waals surface area contributed by atoms with Gasteiger partial charge in [-0.1, -0.05) is 27.5 Å². The molecule has 1 N–H and O–H groups in total. The summed E-state index contributed by atoms with van der Waals surface area (Å²) < 4.78 is 27.4. The molecule has 1 aromatic rings. The Morgan fingerprint density at radius 2 is 2.25 bits per heavy atom. The van der Waals surface area contributed by atoms with Gasteiger partial charge >= 0.3 is 0 Å².